The number of ether oxygens (including phenoxy) is 1. The van der Waals surface area contributed by atoms with Gasteiger partial charge >= 0.3 is 6.03 Å². The number of urea groups is 1. The summed E-state index contributed by atoms with van der Waals surface area (Å²) in [4.78, 5) is 36.0. The number of benzene rings is 2. The minimum Gasteiger partial charge on any atom is -0.383 e. The molecule has 1 aromatic heterocycles. The number of aliphatic hydroxyl groups excluding tert-OH is 1. The number of hydroxylamine groups is 1. The zero-order valence-corrected chi connectivity index (χ0v) is 24.9. The van der Waals surface area contributed by atoms with Gasteiger partial charge in [0.15, 0.2) is 0 Å². The number of fused-ring (bicyclic) bond motifs is 1. The first-order chi connectivity index (χ1) is 20.1. The maximum atomic E-state index is 14.8. The number of nitrogens with one attached hydrogen (secondary N) is 2. The van der Waals surface area contributed by atoms with E-state index >= 15 is 0 Å². The van der Waals surface area contributed by atoms with E-state index in [9.17, 15) is 23.5 Å². The number of carbonyl (C=O) groups excluding carboxylic acids is 2. The first-order valence-corrected chi connectivity index (χ1v) is 14.1. The molecule has 1 aliphatic rings. The number of likely N-dealkylation sites (N-methyl/N-ethyl adjacent to an activating group) is 1. The zero-order valence-electron chi connectivity index (χ0n) is 24.1. The summed E-state index contributed by atoms with van der Waals surface area (Å²) < 4.78 is 34.8. The molecule has 2 heterocycles. The lowest BCUT2D eigenvalue weighted by Gasteiger charge is -2.43. The highest BCUT2D eigenvalue weighted by atomic mass is 32.1. The van der Waals surface area contributed by atoms with Crippen LogP contribution in [0.5, 0.6) is 0 Å². The summed E-state index contributed by atoms with van der Waals surface area (Å²) in [6.07, 6.45) is -1.44. The summed E-state index contributed by atoms with van der Waals surface area (Å²) in [6, 6.07) is 9.71. The molecule has 13 heteroatoms. The zero-order chi connectivity index (χ0) is 30.6. The molecule has 3 aromatic rings. The van der Waals surface area contributed by atoms with Crippen LogP contribution in [0.25, 0.3) is 10.4 Å². The third kappa shape index (κ3) is 6.55. The Morgan fingerprint density at radius 1 is 1.12 bits per heavy atom. The van der Waals surface area contributed by atoms with Gasteiger partial charge in [0.05, 0.1) is 25.8 Å². The quantitative estimate of drug-likeness (QED) is 0.275. The van der Waals surface area contributed by atoms with Crippen LogP contribution in [0.1, 0.15) is 35.3 Å². The fourth-order valence-electron chi connectivity index (χ4n) is 4.81. The van der Waals surface area contributed by atoms with Crippen LogP contribution < -0.4 is 15.7 Å². The van der Waals surface area contributed by atoms with Crippen molar-refractivity contribution in [3.8, 4) is 10.4 Å². The summed E-state index contributed by atoms with van der Waals surface area (Å²) in [7, 11) is 4.84. The highest BCUT2D eigenvalue weighted by Crippen LogP contribution is 2.47. The fourth-order valence-corrected chi connectivity index (χ4v) is 6.13. The lowest BCUT2D eigenvalue weighted by atomic mass is 10.0. The molecule has 3 amide bonds. The van der Waals surface area contributed by atoms with Gasteiger partial charge in [0, 0.05) is 42.4 Å². The molecule has 1 unspecified atom stereocenters. The lowest BCUT2D eigenvalue weighted by molar-refractivity contribution is -0.0125. The van der Waals surface area contributed by atoms with Gasteiger partial charge in [-0.2, -0.15) is 0 Å². The van der Waals surface area contributed by atoms with Gasteiger partial charge in [-0.3, -0.25) is 19.4 Å². The lowest BCUT2D eigenvalue weighted by Crippen LogP contribution is -2.57. The van der Waals surface area contributed by atoms with Crippen molar-refractivity contribution in [1.82, 2.24) is 15.3 Å². The van der Waals surface area contributed by atoms with Gasteiger partial charge in [0.25, 0.3) is 5.91 Å². The van der Waals surface area contributed by atoms with Gasteiger partial charge in [-0.25, -0.2) is 19.1 Å². The minimum absolute atomic E-state index is 0.209. The van der Waals surface area contributed by atoms with Gasteiger partial charge in [-0.05, 0) is 56.3 Å². The van der Waals surface area contributed by atoms with Crippen LogP contribution in [0.2, 0.25) is 0 Å². The molecule has 10 nitrogen and oxygen atoms in total. The normalized spacial score (nSPS) is 15.0. The van der Waals surface area contributed by atoms with Crippen molar-refractivity contribution in [2.75, 3.05) is 44.6 Å². The average molecular weight is 604 g/mol. The molecule has 0 saturated carbocycles. The summed E-state index contributed by atoms with van der Waals surface area (Å²) >= 11 is 1.27. The molecule has 0 saturated heterocycles. The Bertz CT molecular complexity index is 1400. The van der Waals surface area contributed by atoms with Crippen LogP contribution in [0.4, 0.5) is 24.3 Å². The van der Waals surface area contributed by atoms with Crippen LogP contribution in [-0.2, 0) is 22.7 Å². The number of hydrogen-bond acceptors (Lipinski definition) is 8. The SMILES string of the molecule is COCCN(C)Cc1c(-c2ccc(NC(=O)NOC)cc2)sc2c1C(=O)N(C(C)C)C(O)N2Cc1c(F)cccc1F. The van der Waals surface area contributed by atoms with E-state index in [0.717, 1.165) is 10.4 Å². The number of methoxy groups -OCH3 is 1. The average Bonchev–Trinajstić information content (AvgIpc) is 3.30. The second-order valence-electron chi connectivity index (χ2n) is 10.1. The standard InChI is InChI=1S/C29H35F2N5O5S/c1-17(2)36-26(37)24-21(15-34(3)13-14-40-4)25(18-9-11-19(12-10-18)32-28(38)33-41-5)42-27(24)35(29(36)39)16-20-22(30)7-6-8-23(20)31/h6-12,17,29,39H,13-16H2,1-5H3,(H2,32,33,38). The number of thiophene rings is 1. The van der Waals surface area contributed by atoms with Crippen molar-refractivity contribution in [1.29, 1.82) is 0 Å². The van der Waals surface area contributed by atoms with Crippen LogP contribution in [-0.4, -0.2) is 73.7 Å². The molecule has 0 bridgehead atoms. The molecule has 4 rings (SSSR count). The van der Waals surface area contributed by atoms with Crippen molar-refractivity contribution in [3.63, 3.8) is 0 Å². The van der Waals surface area contributed by atoms with Crippen LogP contribution in [0.3, 0.4) is 0 Å². The van der Waals surface area contributed by atoms with E-state index in [4.69, 9.17) is 4.74 Å². The Hall–Kier alpha value is -3.62. The fraction of sp³-hybridized carbons (Fsp3) is 0.379. The number of anilines is 2. The smallest absolute Gasteiger partial charge is 0.343 e. The van der Waals surface area contributed by atoms with Gasteiger partial charge in [0.1, 0.15) is 16.6 Å². The molecule has 3 N–H and O–H groups in total. The molecule has 1 aliphatic heterocycles. The number of halogens is 2. The molecular weight excluding hydrogens is 568 g/mol. The number of amides is 3. The molecule has 0 aliphatic carbocycles. The topological polar surface area (TPSA) is 107 Å². The monoisotopic (exact) mass is 603 g/mol. The number of carbonyl (C=O) groups is 2. The van der Waals surface area contributed by atoms with Crippen molar-refractivity contribution in [3.05, 3.63) is 70.8 Å². The molecule has 226 valence electrons. The van der Waals surface area contributed by atoms with Crippen LogP contribution in [0, 0.1) is 11.6 Å². The first-order valence-electron chi connectivity index (χ1n) is 13.3. The largest absolute Gasteiger partial charge is 0.383 e. The highest BCUT2D eigenvalue weighted by Gasteiger charge is 2.42. The highest BCUT2D eigenvalue weighted by molar-refractivity contribution is 7.20. The van der Waals surface area contributed by atoms with E-state index in [1.54, 1.807) is 45.2 Å². The Balaban J connectivity index is 1.85. The predicted molar refractivity (Wildman–Crippen MR) is 157 cm³/mol. The molecule has 2 aromatic carbocycles. The van der Waals surface area contributed by atoms with Gasteiger partial charge < -0.3 is 20.1 Å². The van der Waals surface area contributed by atoms with Crippen LogP contribution in [0.15, 0.2) is 42.5 Å². The third-order valence-electron chi connectivity index (χ3n) is 6.88. The number of hydrogen-bond donors (Lipinski definition) is 3. The summed E-state index contributed by atoms with van der Waals surface area (Å²) in [5.41, 5.74) is 4.34. The Morgan fingerprint density at radius 2 is 1.79 bits per heavy atom. The maximum Gasteiger partial charge on any atom is 0.343 e. The van der Waals surface area contributed by atoms with Gasteiger partial charge in [-0.15, -0.1) is 11.3 Å². The molecule has 0 spiro atoms. The Labute approximate surface area is 247 Å². The van der Waals surface area contributed by atoms with E-state index < -0.39 is 30.1 Å². The predicted octanol–water partition coefficient (Wildman–Crippen LogP) is 4.60. The second-order valence-corrected chi connectivity index (χ2v) is 11.1. The van der Waals surface area contributed by atoms with E-state index in [1.807, 2.05) is 11.9 Å². The summed E-state index contributed by atoms with van der Waals surface area (Å²) in [6.45, 7) is 4.70. The number of aliphatic hydroxyl groups is 1. The molecule has 0 radical (unpaired) electrons. The first kappa shape index (κ1) is 31.3. The molecule has 1 atom stereocenters. The van der Waals surface area contributed by atoms with E-state index in [2.05, 4.69) is 15.6 Å². The van der Waals surface area contributed by atoms with Gasteiger partial charge in [0.2, 0.25) is 6.35 Å². The van der Waals surface area contributed by atoms with Crippen LogP contribution >= 0.6 is 11.3 Å². The van der Waals surface area contributed by atoms with E-state index in [1.165, 1.54) is 46.4 Å². The van der Waals surface area contributed by atoms with Gasteiger partial charge in [-0.1, -0.05) is 18.2 Å². The Kier molecular flexibility index (Phi) is 10.1. The maximum absolute atomic E-state index is 14.8. The number of rotatable bonds is 11. The molecule has 0 fully saturated rings. The van der Waals surface area contributed by atoms with E-state index in [-0.39, 0.29) is 18.0 Å². The van der Waals surface area contributed by atoms with Crippen molar-refractivity contribution in [2.24, 2.45) is 0 Å². The minimum atomic E-state index is -1.44. The van der Waals surface area contributed by atoms with E-state index in [0.29, 0.717) is 41.5 Å². The third-order valence-corrected chi connectivity index (χ3v) is 8.19. The number of nitrogens with zero attached hydrogens (tertiary/aromatic N) is 3. The Morgan fingerprint density at radius 3 is 2.38 bits per heavy atom. The summed E-state index contributed by atoms with van der Waals surface area (Å²) in [5, 5.41) is 14.5. The summed E-state index contributed by atoms with van der Waals surface area (Å²) in [5.74, 6) is -1.85. The second kappa shape index (κ2) is 13.6. The van der Waals surface area contributed by atoms with Crippen molar-refractivity contribution >= 4 is 34.0 Å². The molecular formula is C29H35F2N5O5S. The molecule has 42 heavy (non-hydrogen) atoms. The van der Waals surface area contributed by atoms with Crippen molar-refractivity contribution in [2.45, 2.75) is 39.3 Å². The van der Waals surface area contributed by atoms with Crippen molar-refractivity contribution < 1.29 is 33.1 Å².